The van der Waals surface area contributed by atoms with Gasteiger partial charge in [0.25, 0.3) is 0 Å². The number of hydrogen-bond donors (Lipinski definition) is 1. The van der Waals surface area contributed by atoms with E-state index in [4.69, 9.17) is 0 Å². The van der Waals surface area contributed by atoms with Gasteiger partial charge in [0.2, 0.25) is 5.91 Å². The number of benzene rings is 1. The predicted molar refractivity (Wildman–Crippen MR) is 75.0 cm³/mol. The van der Waals surface area contributed by atoms with Gasteiger partial charge in [-0.3, -0.25) is 4.79 Å². The van der Waals surface area contributed by atoms with Crippen molar-refractivity contribution in [2.75, 3.05) is 18.0 Å². The molecule has 1 aromatic carbocycles. The number of carbonyl (C=O) groups excluding carboxylic acids is 1. The van der Waals surface area contributed by atoms with Crippen LogP contribution in [-0.2, 0) is 4.79 Å². The van der Waals surface area contributed by atoms with Crippen molar-refractivity contribution in [3.8, 4) is 0 Å². The third kappa shape index (κ3) is 2.72. The summed E-state index contributed by atoms with van der Waals surface area (Å²) in [4.78, 5) is 14.3. The van der Waals surface area contributed by atoms with Gasteiger partial charge in [0.1, 0.15) is 0 Å². The van der Waals surface area contributed by atoms with Crippen molar-refractivity contribution in [1.29, 1.82) is 0 Å². The summed E-state index contributed by atoms with van der Waals surface area (Å²) < 4.78 is 0. The highest BCUT2D eigenvalue weighted by Crippen LogP contribution is 2.23. The number of rotatable bonds is 3. The fourth-order valence-corrected chi connectivity index (χ4v) is 2.67. The van der Waals surface area contributed by atoms with Gasteiger partial charge < -0.3 is 10.2 Å². The Morgan fingerprint density at radius 2 is 1.94 bits per heavy atom. The second-order valence-corrected chi connectivity index (χ2v) is 5.09. The average Bonchev–Trinajstić information content (AvgIpc) is 2.31. The van der Waals surface area contributed by atoms with Gasteiger partial charge in [0.15, 0.2) is 0 Å². The molecule has 0 bridgehead atoms. The highest BCUT2D eigenvalue weighted by atomic mass is 16.2. The Hall–Kier alpha value is -1.35. The Kier molecular flexibility index (Phi) is 4.02. The molecule has 1 amide bonds. The fourth-order valence-electron chi connectivity index (χ4n) is 2.67. The van der Waals surface area contributed by atoms with E-state index in [1.165, 1.54) is 11.1 Å². The molecule has 1 fully saturated rings. The predicted octanol–water partition coefficient (Wildman–Crippen LogP) is 2.41. The van der Waals surface area contributed by atoms with Gasteiger partial charge in [0.05, 0.1) is 6.04 Å². The first-order chi connectivity index (χ1) is 8.61. The molecule has 0 saturated carbocycles. The lowest BCUT2D eigenvalue weighted by Gasteiger charge is -2.33. The lowest BCUT2D eigenvalue weighted by atomic mass is 10.0. The van der Waals surface area contributed by atoms with Gasteiger partial charge in [-0.1, -0.05) is 13.0 Å². The van der Waals surface area contributed by atoms with Crippen LogP contribution in [0.2, 0.25) is 0 Å². The van der Waals surface area contributed by atoms with Crippen molar-refractivity contribution in [3.05, 3.63) is 29.3 Å². The van der Waals surface area contributed by atoms with Gasteiger partial charge >= 0.3 is 0 Å². The Morgan fingerprint density at radius 3 is 2.56 bits per heavy atom. The molecule has 0 radical (unpaired) electrons. The molecule has 1 heterocycles. The van der Waals surface area contributed by atoms with Crippen molar-refractivity contribution in [2.24, 2.45) is 0 Å². The van der Waals surface area contributed by atoms with Crippen molar-refractivity contribution in [3.63, 3.8) is 0 Å². The molecule has 98 valence electrons. The summed E-state index contributed by atoms with van der Waals surface area (Å²) in [6.07, 6.45) is 2.02. The SMILES string of the molecule is CCNC1CCCN(c2cc(C)cc(C)c2)C1=O. The number of carbonyl (C=O) groups is 1. The Labute approximate surface area is 109 Å². The highest BCUT2D eigenvalue weighted by Gasteiger charge is 2.28. The average molecular weight is 246 g/mol. The molecule has 0 aromatic heterocycles. The topological polar surface area (TPSA) is 32.3 Å². The second-order valence-electron chi connectivity index (χ2n) is 5.09. The zero-order chi connectivity index (χ0) is 13.1. The largest absolute Gasteiger partial charge is 0.311 e. The van der Waals surface area contributed by atoms with Gasteiger partial charge in [-0.25, -0.2) is 0 Å². The van der Waals surface area contributed by atoms with Crippen molar-refractivity contribution in [2.45, 2.75) is 39.7 Å². The molecule has 3 nitrogen and oxygen atoms in total. The van der Waals surface area contributed by atoms with Crippen LogP contribution in [0.4, 0.5) is 5.69 Å². The maximum Gasteiger partial charge on any atom is 0.244 e. The minimum atomic E-state index is -0.00966. The molecule has 0 aliphatic carbocycles. The fraction of sp³-hybridized carbons (Fsp3) is 0.533. The Bertz CT molecular complexity index is 420. The summed E-state index contributed by atoms with van der Waals surface area (Å²) in [5.41, 5.74) is 3.46. The van der Waals surface area contributed by atoms with Crippen molar-refractivity contribution in [1.82, 2.24) is 5.32 Å². The van der Waals surface area contributed by atoms with Gasteiger partial charge in [-0.2, -0.15) is 0 Å². The van der Waals surface area contributed by atoms with E-state index in [-0.39, 0.29) is 11.9 Å². The Morgan fingerprint density at radius 1 is 1.28 bits per heavy atom. The minimum absolute atomic E-state index is 0.00966. The van der Waals surface area contributed by atoms with Crippen LogP contribution in [0.15, 0.2) is 18.2 Å². The lowest BCUT2D eigenvalue weighted by Crippen LogP contribution is -2.50. The third-order valence-corrected chi connectivity index (χ3v) is 3.41. The van der Waals surface area contributed by atoms with Crippen molar-refractivity contribution >= 4 is 11.6 Å². The van der Waals surface area contributed by atoms with Crippen LogP contribution in [0.5, 0.6) is 0 Å². The van der Waals surface area contributed by atoms with Crippen LogP contribution in [-0.4, -0.2) is 25.0 Å². The molecular weight excluding hydrogens is 224 g/mol. The summed E-state index contributed by atoms with van der Waals surface area (Å²) in [6, 6.07) is 6.32. The van der Waals surface area contributed by atoms with E-state index in [0.29, 0.717) is 0 Å². The zero-order valence-electron chi connectivity index (χ0n) is 11.5. The first kappa shape index (κ1) is 13.1. The number of aryl methyl sites for hydroxylation is 2. The number of nitrogens with one attached hydrogen (secondary N) is 1. The molecular formula is C15H22N2O. The zero-order valence-corrected chi connectivity index (χ0v) is 11.5. The van der Waals surface area contributed by atoms with Crippen LogP contribution in [0.3, 0.4) is 0 Å². The molecule has 0 spiro atoms. The summed E-state index contributed by atoms with van der Waals surface area (Å²) >= 11 is 0. The van der Waals surface area contributed by atoms with Gasteiger partial charge in [-0.15, -0.1) is 0 Å². The van der Waals surface area contributed by atoms with Crippen LogP contribution in [0.25, 0.3) is 0 Å². The molecule has 2 rings (SSSR count). The summed E-state index contributed by atoms with van der Waals surface area (Å²) in [6.45, 7) is 7.88. The number of piperidine rings is 1. The Balaban J connectivity index is 2.23. The quantitative estimate of drug-likeness (QED) is 0.888. The number of nitrogens with zero attached hydrogens (tertiary/aromatic N) is 1. The molecule has 1 saturated heterocycles. The van der Waals surface area contributed by atoms with Crippen LogP contribution >= 0.6 is 0 Å². The van der Waals surface area contributed by atoms with E-state index in [1.54, 1.807) is 0 Å². The summed E-state index contributed by atoms with van der Waals surface area (Å²) in [5, 5.41) is 3.27. The first-order valence-corrected chi connectivity index (χ1v) is 6.75. The molecule has 1 N–H and O–H groups in total. The van der Waals surface area contributed by atoms with Crippen LogP contribution < -0.4 is 10.2 Å². The maximum atomic E-state index is 12.4. The number of likely N-dealkylation sites (N-methyl/N-ethyl adjacent to an activating group) is 1. The van der Waals surface area contributed by atoms with E-state index < -0.39 is 0 Å². The van der Waals surface area contributed by atoms with Crippen LogP contribution in [0, 0.1) is 13.8 Å². The van der Waals surface area contributed by atoms with Gasteiger partial charge in [0, 0.05) is 12.2 Å². The second kappa shape index (κ2) is 5.53. The standard InChI is InChI=1S/C15H22N2O/c1-4-16-14-6-5-7-17(15(14)18)13-9-11(2)8-12(3)10-13/h8-10,14,16H,4-7H2,1-3H3. The summed E-state index contributed by atoms with van der Waals surface area (Å²) in [5.74, 6) is 0.216. The van der Waals surface area contributed by atoms with E-state index in [0.717, 1.165) is 31.6 Å². The summed E-state index contributed by atoms with van der Waals surface area (Å²) in [7, 11) is 0. The normalized spacial score (nSPS) is 20.3. The van der Waals surface area contributed by atoms with Crippen molar-refractivity contribution < 1.29 is 4.79 Å². The molecule has 18 heavy (non-hydrogen) atoms. The number of hydrogen-bond acceptors (Lipinski definition) is 2. The number of anilines is 1. The molecule has 1 unspecified atom stereocenters. The molecule has 1 aliphatic rings. The molecule has 1 aromatic rings. The number of amides is 1. The monoisotopic (exact) mass is 246 g/mol. The van der Waals surface area contributed by atoms with E-state index in [1.807, 2.05) is 11.8 Å². The maximum absolute atomic E-state index is 12.4. The van der Waals surface area contributed by atoms with Gasteiger partial charge in [-0.05, 0) is 56.5 Å². The van der Waals surface area contributed by atoms with Crippen LogP contribution in [0.1, 0.15) is 30.9 Å². The molecule has 1 aliphatic heterocycles. The lowest BCUT2D eigenvalue weighted by molar-refractivity contribution is -0.121. The highest BCUT2D eigenvalue weighted by molar-refractivity contribution is 5.98. The molecule has 1 atom stereocenters. The van der Waals surface area contributed by atoms with E-state index in [9.17, 15) is 4.79 Å². The minimum Gasteiger partial charge on any atom is -0.311 e. The van der Waals surface area contributed by atoms with E-state index >= 15 is 0 Å². The third-order valence-electron chi connectivity index (χ3n) is 3.41. The smallest absolute Gasteiger partial charge is 0.244 e. The molecule has 3 heteroatoms. The van der Waals surface area contributed by atoms with E-state index in [2.05, 4.69) is 37.4 Å². The first-order valence-electron chi connectivity index (χ1n) is 6.75.